The number of halogens is 2. The molecule has 3 aromatic rings. The maximum Gasteiger partial charge on any atom is 0.189 e. The van der Waals surface area contributed by atoms with E-state index in [4.69, 9.17) is 5.73 Å². The van der Waals surface area contributed by atoms with Crippen molar-refractivity contribution < 1.29 is 8.78 Å². The zero-order valence-corrected chi connectivity index (χ0v) is 11.1. The molecule has 0 aliphatic heterocycles. The van der Waals surface area contributed by atoms with Crippen LogP contribution >= 0.6 is 0 Å². The SMILES string of the molecule is Cc1ccc(F)cc1-n1nnnc1-c1ccc(F)cc1N. The third-order valence-electron chi connectivity index (χ3n) is 3.12. The van der Waals surface area contributed by atoms with Crippen LogP contribution in [0.3, 0.4) is 0 Å². The fraction of sp³-hybridized carbons (Fsp3) is 0.0714. The Morgan fingerprint density at radius 3 is 2.52 bits per heavy atom. The highest BCUT2D eigenvalue weighted by Crippen LogP contribution is 2.27. The first-order valence-corrected chi connectivity index (χ1v) is 6.16. The van der Waals surface area contributed by atoms with E-state index in [1.807, 2.05) is 6.92 Å². The molecule has 0 bridgehead atoms. The number of benzene rings is 2. The van der Waals surface area contributed by atoms with Crippen molar-refractivity contribution in [3.05, 3.63) is 53.6 Å². The zero-order valence-electron chi connectivity index (χ0n) is 11.1. The topological polar surface area (TPSA) is 69.6 Å². The second-order valence-electron chi connectivity index (χ2n) is 4.58. The van der Waals surface area contributed by atoms with Crippen molar-refractivity contribution in [3.63, 3.8) is 0 Å². The van der Waals surface area contributed by atoms with Crippen molar-refractivity contribution in [2.75, 3.05) is 5.73 Å². The first-order valence-electron chi connectivity index (χ1n) is 6.16. The Morgan fingerprint density at radius 1 is 1.05 bits per heavy atom. The molecule has 1 aromatic heterocycles. The van der Waals surface area contributed by atoms with Gasteiger partial charge in [-0.1, -0.05) is 6.07 Å². The van der Waals surface area contributed by atoms with E-state index in [2.05, 4.69) is 15.5 Å². The summed E-state index contributed by atoms with van der Waals surface area (Å²) in [4.78, 5) is 0. The fourth-order valence-electron chi connectivity index (χ4n) is 2.07. The lowest BCUT2D eigenvalue weighted by Gasteiger charge is -2.09. The molecule has 0 unspecified atom stereocenters. The Hall–Kier alpha value is -2.83. The lowest BCUT2D eigenvalue weighted by Crippen LogP contribution is -2.04. The number of nitrogen functional groups attached to an aromatic ring is 1. The molecular weight excluding hydrogens is 276 g/mol. The average Bonchev–Trinajstić information content (AvgIpc) is 2.90. The van der Waals surface area contributed by atoms with Crippen LogP contribution in [0.5, 0.6) is 0 Å². The van der Waals surface area contributed by atoms with Crippen molar-refractivity contribution in [2.45, 2.75) is 6.92 Å². The predicted octanol–water partition coefficient (Wildman–Crippen LogP) is 2.50. The highest BCUT2D eigenvalue weighted by Gasteiger charge is 2.15. The van der Waals surface area contributed by atoms with E-state index in [0.29, 0.717) is 17.1 Å². The van der Waals surface area contributed by atoms with E-state index < -0.39 is 11.6 Å². The van der Waals surface area contributed by atoms with Gasteiger partial charge in [0.05, 0.1) is 5.69 Å². The van der Waals surface area contributed by atoms with E-state index in [-0.39, 0.29) is 5.69 Å². The number of nitrogens with two attached hydrogens (primary N) is 1. The van der Waals surface area contributed by atoms with Crippen LogP contribution in [0.1, 0.15) is 5.56 Å². The van der Waals surface area contributed by atoms with Crippen molar-refractivity contribution in [1.82, 2.24) is 20.2 Å². The molecule has 5 nitrogen and oxygen atoms in total. The zero-order chi connectivity index (χ0) is 15.0. The van der Waals surface area contributed by atoms with Gasteiger partial charge in [0.15, 0.2) is 5.82 Å². The smallest absolute Gasteiger partial charge is 0.189 e. The van der Waals surface area contributed by atoms with Gasteiger partial charge in [-0.15, -0.1) is 5.10 Å². The number of rotatable bonds is 2. The maximum atomic E-state index is 13.4. The van der Waals surface area contributed by atoms with E-state index >= 15 is 0 Å². The van der Waals surface area contributed by atoms with E-state index in [1.165, 1.54) is 35.0 Å². The van der Waals surface area contributed by atoms with E-state index in [9.17, 15) is 8.78 Å². The number of tetrazole rings is 1. The standard InChI is InChI=1S/C14H11F2N5/c1-8-2-3-10(16)7-13(8)21-14(18-19-20-21)11-5-4-9(15)6-12(11)17/h2-7H,17H2,1H3. The molecule has 0 aliphatic rings. The van der Waals surface area contributed by atoms with Crippen LogP contribution in [0.25, 0.3) is 17.1 Å². The van der Waals surface area contributed by atoms with Crippen molar-refractivity contribution in [2.24, 2.45) is 0 Å². The molecular formula is C14H11F2N5. The first-order chi connectivity index (χ1) is 10.1. The summed E-state index contributed by atoms with van der Waals surface area (Å²) in [5, 5.41) is 11.4. The molecule has 0 fully saturated rings. The minimum Gasteiger partial charge on any atom is -0.398 e. The predicted molar refractivity (Wildman–Crippen MR) is 73.7 cm³/mol. The van der Waals surface area contributed by atoms with Gasteiger partial charge in [-0.05, 0) is 53.2 Å². The maximum absolute atomic E-state index is 13.4. The number of aromatic nitrogens is 4. The quantitative estimate of drug-likeness (QED) is 0.735. The summed E-state index contributed by atoms with van der Waals surface area (Å²) in [6.07, 6.45) is 0. The lowest BCUT2D eigenvalue weighted by molar-refractivity contribution is 0.624. The molecule has 7 heteroatoms. The van der Waals surface area contributed by atoms with Crippen LogP contribution in [0.15, 0.2) is 36.4 Å². The third-order valence-corrected chi connectivity index (χ3v) is 3.12. The summed E-state index contributed by atoms with van der Waals surface area (Å²) in [7, 11) is 0. The Bertz CT molecular complexity index is 813. The molecule has 0 saturated carbocycles. The normalized spacial score (nSPS) is 10.8. The minimum atomic E-state index is -0.447. The molecule has 1 heterocycles. The highest BCUT2D eigenvalue weighted by molar-refractivity contribution is 5.72. The summed E-state index contributed by atoms with van der Waals surface area (Å²) in [6, 6.07) is 8.26. The van der Waals surface area contributed by atoms with Gasteiger partial charge in [0.2, 0.25) is 0 Å². The summed E-state index contributed by atoms with van der Waals surface area (Å²) in [5.74, 6) is -0.525. The second-order valence-corrected chi connectivity index (χ2v) is 4.58. The number of hydrogen-bond donors (Lipinski definition) is 1. The molecule has 0 saturated heterocycles. The van der Waals surface area contributed by atoms with Crippen LogP contribution in [0, 0.1) is 18.6 Å². The Labute approximate surface area is 119 Å². The Kier molecular flexibility index (Phi) is 3.09. The lowest BCUT2D eigenvalue weighted by atomic mass is 10.1. The highest BCUT2D eigenvalue weighted by atomic mass is 19.1. The molecule has 0 aliphatic carbocycles. The molecule has 3 rings (SSSR count). The fourth-order valence-corrected chi connectivity index (χ4v) is 2.07. The monoisotopic (exact) mass is 287 g/mol. The van der Waals surface area contributed by atoms with E-state index in [1.54, 1.807) is 6.07 Å². The molecule has 0 atom stereocenters. The first kappa shape index (κ1) is 13.2. The van der Waals surface area contributed by atoms with Gasteiger partial charge < -0.3 is 5.73 Å². The summed E-state index contributed by atoms with van der Waals surface area (Å²) in [5.41, 5.74) is 7.79. The van der Waals surface area contributed by atoms with Gasteiger partial charge in [-0.2, -0.15) is 4.68 Å². The largest absolute Gasteiger partial charge is 0.398 e. The van der Waals surface area contributed by atoms with Gasteiger partial charge in [0, 0.05) is 11.3 Å². The summed E-state index contributed by atoms with van der Waals surface area (Å²) >= 11 is 0. The van der Waals surface area contributed by atoms with Crippen LogP contribution in [0.4, 0.5) is 14.5 Å². The van der Waals surface area contributed by atoms with E-state index in [0.717, 1.165) is 5.56 Å². The molecule has 106 valence electrons. The van der Waals surface area contributed by atoms with Crippen molar-refractivity contribution in [3.8, 4) is 17.1 Å². The Balaban J connectivity index is 2.19. The van der Waals surface area contributed by atoms with Crippen molar-refractivity contribution >= 4 is 5.69 Å². The van der Waals surface area contributed by atoms with Crippen LogP contribution in [-0.2, 0) is 0 Å². The molecule has 0 amide bonds. The number of hydrogen-bond acceptors (Lipinski definition) is 4. The van der Waals surface area contributed by atoms with Crippen LogP contribution in [-0.4, -0.2) is 20.2 Å². The van der Waals surface area contributed by atoms with Crippen LogP contribution < -0.4 is 5.73 Å². The third kappa shape index (κ3) is 2.33. The number of anilines is 1. The molecule has 0 radical (unpaired) electrons. The van der Waals surface area contributed by atoms with Gasteiger partial charge in [-0.25, -0.2) is 8.78 Å². The van der Waals surface area contributed by atoms with Gasteiger partial charge in [-0.3, -0.25) is 0 Å². The molecule has 21 heavy (non-hydrogen) atoms. The molecule has 0 spiro atoms. The molecule has 2 N–H and O–H groups in total. The van der Waals surface area contributed by atoms with Crippen LogP contribution in [0.2, 0.25) is 0 Å². The van der Waals surface area contributed by atoms with Gasteiger partial charge in [0.1, 0.15) is 11.6 Å². The summed E-state index contributed by atoms with van der Waals surface area (Å²) in [6.45, 7) is 1.81. The number of nitrogens with zero attached hydrogens (tertiary/aromatic N) is 4. The molecule has 2 aromatic carbocycles. The minimum absolute atomic E-state index is 0.208. The second kappa shape index (κ2) is 4.93. The van der Waals surface area contributed by atoms with Gasteiger partial charge in [0.25, 0.3) is 0 Å². The number of aryl methyl sites for hydroxylation is 1. The Morgan fingerprint density at radius 2 is 1.76 bits per heavy atom. The van der Waals surface area contributed by atoms with Gasteiger partial charge >= 0.3 is 0 Å². The van der Waals surface area contributed by atoms with Crippen molar-refractivity contribution in [1.29, 1.82) is 0 Å². The summed E-state index contributed by atoms with van der Waals surface area (Å²) < 4.78 is 28.0. The average molecular weight is 287 g/mol.